The van der Waals surface area contributed by atoms with E-state index < -0.39 is 0 Å². The standard InChI is InChI=1S/C22H29NO2/c1-17-5-12-20(13-6-17)25-16-15-23-21(24)14-9-18-7-10-19(11-8-18)22(2,3)4/h5-8,10-13H,9,14-16H2,1-4H3,(H,23,24). The molecule has 0 unspecified atom stereocenters. The van der Waals surface area contributed by atoms with E-state index in [0.717, 1.165) is 12.2 Å². The second kappa shape index (κ2) is 8.70. The molecule has 134 valence electrons. The number of aryl methyl sites for hydroxylation is 2. The summed E-state index contributed by atoms with van der Waals surface area (Å²) >= 11 is 0. The van der Waals surface area contributed by atoms with Crippen LogP contribution in [0.2, 0.25) is 0 Å². The van der Waals surface area contributed by atoms with Crippen LogP contribution in [-0.2, 0) is 16.6 Å². The minimum Gasteiger partial charge on any atom is -0.492 e. The van der Waals surface area contributed by atoms with Gasteiger partial charge in [-0.15, -0.1) is 0 Å². The highest BCUT2D eigenvalue weighted by Crippen LogP contribution is 2.22. The highest BCUT2D eigenvalue weighted by Gasteiger charge is 2.12. The van der Waals surface area contributed by atoms with Gasteiger partial charge in [-0.2, -0.15) is 0 Å². The minimum absolute atomic E-state index is 0.0624. The topological polar surface area (TPSA) is 38.3 Å². The Kier molecular flexibility index (Phi) is 6.63. The van der Waals surface area contributed by atoms with Crippen molar-refractivity contribution in [3.8, 4) is 5.75 Å². The maximum atomic E-state index is 11.9. The van der Waals surface area contributed by atoms with Crippen LogP contribution >= 0.6 is 0 Å². The molecule has 0 aliphatic heterocycles. The van der Waals surface area contributed by atoms with E-state index >= 15 is 0 Å². The van der Waals surface area contributed by atoms with E-state index in [1.165, 1.54) is 16.7 Å². The Bertz CT molecular complexity index is 667. The maximum Gasteiger partial charge on any atom is 0.220 e. The van der Waals surface area contributed by atoms with Gasteiger partial charge in [0.2, 0.25) is 5.91 Å². The molecule has 2 aromatic rings. The quantitative estimate of drug-likeness (QED) is 0.758. The van der Waals surface area contributed by atoms with Gasteiger partial charge in [-0.3, -0.25) is 4.79 Å². The molecular weight excluding hydrogens is 310 g/mol. The van der Waals surface area contributed by atoms with Crippen LogP contribution in [0.15, 0.2) is 48.5 Å². The molecular formula is C22H29NO2. The molecule has 0 atom stereocenters. The van der Waals surface area contributed by atoms with Crippen molar-refractivity contribution < 1.29 is 9.53 Å². The van der Waals surface area contributed by atoms with Gasteiger partial charge < -0.3 is 10.1 Å². The van der Waals surface area contributed by atoms with Crippen molar-refractivity contribution >= 4 is 5.91 Å². The second-order valence-electron chi connectivity index (χ2n) is 7.46. The number of rotatable bonds is 7. The first-order chi connectivity index (χ1) is 11.8. The molecule has 2 rings (SSSR count). The van der Waals surface area contributed by atoms with Gasteiger partial charge in [-0.1, -0.05) is 62.7 Å². The largest absolute Gasteiger partial charge is 0.492 e. The fourth-order valence-electron chi connectivity index (χ4n) is 2.51. The molecule has 2 aromatic carbocycles. The molecule has 0 saturated heterocycles. The molecule has 0 fully saturated rings. The Morgan fingerprint density at radius 3 is 2.24 bits per heavy atom. The number of ether oxygens (including phenoxy) is 1. The number of hydrogen-bond acceptors (Lipinski definition) is 2. The first-order valence-corrected chi connectivity index (χ1v) is 8.90. The molecule has 0 aliphatic carbocycles. The van der Waals surface area contributed by atoms with E-state index in [2.05, 4.69) is 50.4 Å². The van der Waals surface area contributed by atoms with E-state index in [1.54, 1.807) is 0 Å². The van der Waals surface area contributed by atoms with E-state index in [-0.39, 0.29) is 11.3 Å². The van der Waals surface area contributed by atoms with Crippen LogP contribution in [0.3, 0.4) is 0 Å². The molecule has 0 saturated carbocycles. The van der Waals surface area contributed by atoms with E-state index in [4.69, 9.17) is 4.74 Å². The van der Waals surface area contributed by atoms with Gasteiger partial charge in [-0.05, 0) is 42.0 Å². The summed E-state index contributed by atoms with van der Waals surface area (Å²) in [7, 11) is 0. The molecule has 0 spiro atoms. The fraction of sp³-hybridized carbons (Fsp3) is 0.409. The highest BCUT2D eigenvalue weighted by molar-refractivity contribution is 5.76. The van der Waals surface area contributed by atoms with Crippen LogP contribution in [0.5, 0.6) is 5.75 Å². The summed E-state index contributed by atoms with van der Waals surface area (Å²) < 4.78 is 5.60. The lowest BCUT2D eigenvalue weighted by Crippen LogP contribution is -2.28. The Morgan fingerprint density at radius 2 is 1.64 bits per heavy atom. The van der Waals surface area contributed by atoms with Gasteiger partial charge in [0.25, 0.3) is 0 Å². The summed E-state index contributed by atoms with van der Waals surface area (Å²) in [6.45, 7) is 9.65. The average Bonchev–Trinajstić information content (AvgIpc) is 2.58. The Morgan fingerprint density at radius 1 is 1.00 bits per heavy atom. The third-order valence-electron chi connectivity index (χ3n) is 4.17. The van der Waals surface area contributed by atoms with Crippen LogP contribution < -0.4 is 10.1 Å². The third-order valence-corrected chi connectivity index (χ3v) is 4.17. The average molecular weight is 339 g/mol. The summed E-state index contributed by atoms with van der Waals surface area (Å²) in [5.41, 5.74) is 3.87. The second-order valence-corrected chi connectivity index (χ2v) is 7.46. The van der Waals surface area contributed by atoms with Gasteiger partial charge in [0, 0.05) is 6.42 Å². The van der Waals surface area contributed by atoms with Crippen molar-refractivity contribution in [1.29, 1.82) is 0 Å². The van der Waals surface area contributed by atoms with E-state index in [9.17, 15) is 4.79 Å². The van der Waals surface area contributed by atoms with Gasteiger partial charge >= 0.3 is 0 Å². The number of benzene rings is 2. The molecule has 3 heteroatoms. The molecule has 1 N–H and O–H groups in total. The molecule has 0 radical (unpaired) electrons. The molecule has 0 heterocycles. The third kappa shape index (κ3) is 6.61. The van der Waals surface area contributed by atoms with Crippen LogP contribution in [0, 0.1) is 6.92 Å². The number of carbonyl (C=O) groups is 1. The summed E-state index contributed by atoms with van der Waals surface area (Å²) in [5.74, 6) is 0.895. The lowest BCUT2D eigenvalue weighted by atomic mass is 9.86. The predicted octanol–water partition coefficient (Wildman–Crippen LogP) is 4.42. The molecule has 0 aliphatic rings. The first-order valence-electron chi connectivity index (χ1n) is 8.90. The Hall–Kier alpha value is -2.29. The van der Waals surface area contributed by atoms with E-state index in [0.29, 0.717) is 19.6 Å². The maximum absolute atomic E-state index is 11.9. The number of nitrogens with one attached hydrogen (secondary N) is 1. The lowest BCUT2D eigenvalue weighted by Gasteiger charge is -2.19. The smallest absolute Gasteiger partial charge is 0.220 e. The van der Waals surface area contributed by atoms with Crippen molar-refractivity contribution in [2.45, 2.75) is 46.0 Å². The Labute approximate surface area is 151 Å². The first kappa shape index (κ1) is 19.0. The molecule has 3 nitrogen and oxygen atoms in total. The zero-order chi connectivity index (χ0) is 18.3. The number of amides is 1. The van der Waals surface area contributed by atoms with Crippen LogP contribution in [0.1, 0.15) is 43.9 Å². The fourth-order valence-corrected chi connectivity index (χ4v) is 2.51. The predicted molar refractivity (Wildman–Crippen MR) is 103 cm³/mol. The number of hydrogen-bond donors (Lipinski definition) is 1. The minimum atomic E-state index is 0.0624. The number of carbonyl (C=O) groups excluding carboxylic acids is 1. The monoisotopic (exact) mass is 339 g/mol. The summed E-state index contributed by atoms with van der Waals surface area (Å²) in [4.78, 5) is 11.9. The van der Waals surface area contributed by atoms with Crippen molar-refractivity contribution in [1.82, 2.24) is 5.32 Å². The van der Waals surface area contributed by atoms with Gasteiger partial charge in [0.05, 0.1) is 6.54 Å². The zero-order valence-corrected chi connectivity index (χ0v) is 15.8. The van der Waals surface area contributed by atoms with Crippen molar-refractivity contribution in [3.05, 3.63) is 65.2 Å². The van der Waals surface area contributed by atoms with Crippen LogP contribution in [-0.4, -0.2) is 19.1 Å². The highest BCUT2D eigenvalue weighted by atomic mass is 16.5. The normalized spacial score (nSPS) is 11.2. The van der Waals surface area contributed by atoms with Crippen molar-refractivity contribution in [2.75, 3.05) is 13.2 Å². The lowest BCUT2D eigenvalue weighted by molar-refractivity contribution is -0.121. The summed E-state index contributed by atoms with van der Waals surface area (Å²) in [5, 5.41) is 2.91. The molecule has 0 bridgehead atoms. The van der Waals surface area contributed by atoms with Gasteiger partial charge in [0.1, 0.15) is 12.4 Å². The van der Waals surface area contributed by atoms with Crippen molar-refractivity contribution in [2.24, 2.45) is 0 Å². The molecule has 1 amide bonds. The summed E-state index contributed by atoms with van der Waals surface area (Å²) in [6.07, 6.45) is 1.26. The molecule has 0 aromatic heterocycles. The Balaban J connectivity index is 1.66. The van der Waals surface area contributed by atoms with Crippen molar-refractivity contribution in [3.63, 3.8) is 0 Å². The van der Waals surface area contributed by atoms with E-state index in [1.807, 2.05) is 31.2 Å². The zero-order valence-electron chi connectivity index (χ0n) is 15.8. The van der Waals surface area contributed by atoms with Gasteiger partial charge in [-0.25, -0.2) is 0 Å². The molecule has 25 heavy (non-hydrogen) atoms. The SMILES string of the molecule is Cc1ccc(OCCNC(=O)CCc2ccc(C(C)(C)C)cc2)cc1. The van der Waals surface area contributed by atoms with Crippen LogP contribution in [0.4, 0.5) is 0 Å². The van der Waals surface area contributed by atoms with Crippen LogP contribution in [0.25, 0.3) is 0 Å². The summed E-state index contributed by atoms with van der Waals surface area (Å²) in [6, 6.07) is 16.5. The van der Waals surface area contributed by atoms with Gasteiger partial charge in [0.15, 0.2) is 0 Å².